The van der Waals surface area contributed by atoms with E-state index in [1.807, 2.05) is 60.7 Å². The number of benzene rings is 2. The van der Waals surface area contributed by atoms with Gasteiger partial charge >= 0.3 is 0 Å². The van der Waals surface area contributed by atoms with Gasteiger partial charge in [0.15, 0.2) is 5.82 Å². The molecule has 0 radical (unpaired) electrons. The van der Waals surface area contributed by atoms with Gasteiger partial charge in [0.05, 0.1) is 6.07 Å². The highest BCUT2D eigenvalue weighted by Gasteiger charge is 2.17. The first kappa shape index (κ1) is 12.9. The van der Waals surface area contributed by atoms with Crippen LogP contribution in [0.4, 0.5) is 0 Å². The van der Waals surface area contributed by atoms with E-state index in [0.29, 0.717) is 11.6 Å². The van der Waals surface area contributed by atoms with Crippen LogP contribution in [0.5, 0.6) is 0 Å². The molecule has 0 amide bonds. The largest absolute Gasteiger partial charge is 0.203 e. The molecule has 0 aliphatic heterocycles. The first-order chi connectivity index (χ1) is 10.4. The van der Waals surface area contributed by atoms with Crippen LogP contribution in [0.25, 0.3) is 11.4 Å². The lowest BCUT2D eigenvalue weighted by molar-refractivity contribution is 0.756. The average molecular weight is 273 g/mol. The summed E-state index contributed by atoms with van der Waals surface area (Å²) < 4.78 is 0. The van der Waals surface area contributed by atoms with Gasteiger partial charge in [0.1, 0.15) is 5.92 Å². The summed E-state index contributed by atoms with van der Waals surface area (Å²) >= 11 is 0. The van der Waals surface area contributed by atoms with Crippen molar-refractivity contribution in [1.82, 2.24) is 20.4 Å². The van der Waals surface area contributed by atoms with Crippen LogP contribution in [0, 0.1) is 11.3 Å². The number of nitrogens with zero attached hydrogens (tertiary/aromatic N) is 5. The SMILES string of the molecule is N#CC(c1ccccc1)c1nnc(-c2ccccc2)nn1. The molecule has 0 spiro atoms. The normalized spacial score (nSPS) is 11.6. The van der Waals surface area contributed by atoms with Crippen molar-refractivity contribution in [3.63, 3.8) is 0 Å². The van der Waals surface area contributed by atoms with E-state index in [1.165, 1.54) is 0 Å². The zero-order chi connectivity index (χ0) is 14.5. The van der Waals surface area contributed by atoms with Crippen molar-refractivity contribution in [1.29, 1.82) is 5.26 Å². The maximum absolute atomic E-state index is 9.33. The summed E-state index contributed by atoms with van der Waals surface area (Å²) in [5.74, 6) is 0.198. The first-order valence-corrected chi connectivity index (χ1v) is 6.46. The molecule has 100 valence electrons. The fraction of sp³-hybridized carbons (Fsp3) is 0.0625. The highest BCUT2D eigenvalue weighted by molar-refractivity contribution is 5.53. The second-order valence-corrected chi connectivity index (χ2v) is 4.42. The van der Waals surface area contributed by atoms with Crippen molar-refractivity contribution in [2.75, 3.05) is 0 Å². The molecule has 0 bridgehead atoms. The van der Waals surface area contributed by atoms with Gasteiger partial charge in [-0.2, -0.15) is 5.26 Å². The standard InChI is InChI=1S/C16H11N5/c17-11-14(12-7-3-1-4-8-12)16-20-18-15(19-21-16)13-9-5-2-6-10-13/h1-10,14H. The van der Waals surface area contributed by atoms with Gasteiger partial charge < -0.3 is 0 Å². The van der Waals surface area contributed by atoms with Gasteiger partial charge in [-0.3, -0.25) is 0 Å². The van der Waals surface area contributed by atoms with Gasteiger partial charge in [0.2, 0.25) is 5.82 Å². The van der Waals surface area contributed by atoms with Crippen molar-refractivity contribution >= 4 is 0 Å². The molecule has 3 aromatic rings. The van der Waals surface area contributed by atoms with Crippen LogP contribution in [0.3, 0.4) is 0 Å². The third-order valence-electron chi connectivity index (χ3n) is 3.05. The van der Waals surface area contributed by atoms with E-state index in [4.69, 9.17) is 0 Å². The molecule has 5 nitrogen and oxygen atoms in total. The Hall–Kier alpha value is -3.13. The van der Waals surface area contributed by atoms with Gasteiger partial charge in [-0.05, 0) is 5.56 Å². The minimum Gasteiger partial charge on any atom is -0.197 e. The molecule has 1 heterocycles. The molecule has 0 aliphatic rings. The zero-order valence-electron chi connectivity index (χ0n) is 11.1. The highest BCUT2D eigenvalue weighted by atomic mass is 15.3. The molecule has 0 fully saturated rings. The Bertz CT molecular complexity index is 748. The molecule has 1 aromatic heterocycles. The van der Waals surface area contributed by atoms with E-state index in [0.717, 1.165) is 11.1 Å². The molecule has 21 heavy (non-hydrogen) atoms. The maximum Gasteiger partial charge on any atom is 0.203 e. The first-order valence-electron chi connectivity index (χ1n) is 6.46. The smallest absolute Gasteiger partial charge is 0.197 e. The summed E-state index contributed by atoms with van der Waals surface area (Å²) in [6.45, 7) is 0. The zero-order valence-corrected chi connectivity index (χ0v) is 11.1. The van der Waals surface area contributed by atoms with Crippen LogP contribution in [0.1, 0.15) is 17.3 Å². The highest BCUT2D eigenvalue weighted by Crippen LogP contribution is 2.20. The molecule has 5 heteroatoms. The van der Waals surface area contributed by atoms with Crippen molar-refractivity contribution in [2.45, 2.75) is 5.92 Å². The fourth-order valence-corrected chi connectivity index (χ4v) is 1.98. The maximum atomic E-state index is 9.33. The average Bonchev–Trinajstić information content (AvgIpc) is 2.58. The van der Waals surface area contributed by atoms with Crippen LogP contribution in [0.15, 0.2) is 60.7 Å². The van der Waals surface area contributed by atoms with Crippen molar-refractivity contribution in [3.8, 4) is 17.5 Å². The molecular weight excluding hydrogens is 262 g/mol. The summed E-state index contributed by atoms with van der Waals surface area (Å²) in [5.41, 5.74) is 1.67. The number of hydrogen-bond acceptors (Lipinski definition) is 5. The molecule has 1 atom stereocenters. The topological polar surface area (TPSA) is 75.3 Å². The minimum absolute atomic E-state index is 0.309. The van der Waals surface area contributed by atoms with Crippen LogP contribution in [-0.2, 0) is 0 Å². The Morgan fingerprint density at radius 2 is 1.33 bits per heavy atom. The Morgan fingerprint density at radius 3 is 1.90 bits per heavy atom. The minimum atomic E-state index is -0.559. The Labute approximate surface area is 121 Å². The van der Waals surface area contributed by atoms with E-state index in [2.05, 4.69) is 26.5 Å². The van der Waals surface area contributed by atoms with Gasteiger partial charge in [-0.1, -0.05) is 60.7 Å². The quantitative estimate of drug-likeness (QED) is 0.733. The Kier molecular flexibility index (Phi) is 3.61. The van der Waals surface area contributed by atoms with E-state index >= 15 is 0 Å². The van der Waals surface area contributed by atoms with E-state index < -0.39 is 5.92 Å². The van der Waals surface area contributed by atoms with Crippen LogP contribution in [-0.4, -0.2) is 20.4 Å². The lowest BCUT2D eigenvalue weighted by Crippen LogP contribution is -2.08. The third kappa shape index (κ3) is 2.74. The van der Waals surface area contributed by atoms with Gasteiger partial charge in [0, 0.05) is 5.56 Å². The van der Waals surface area contributed by atoms with Crippen LogP contribution >= 0.6 is 0 Å². The third-order valence-corrected chi connectivity index (χ3v) is 3.05. The van der Waals surface area contributed by atoms with Gasteiger partial charge in [-0.15, -0.1) is 20.4 Å². The Balaban J connectivity index is 1.92. The Morgan fingerprint density at radius 1 is 0.762 bits per heavy atom. The predicted molar refractivity (Wildman–Crippen MR) is 77.0 cm³/mol. The van der Waals surface area contributed by atoms with Gasteiger partial charge in [0.25, 0.3) is 0 Å². The lowest BCUT2D eigenvalue weighted by Gasteiger charge is -2.06. The summed E-state index contributed by atoms with van der Waals surface area (Å²) in [6, 6.07) is 21.0. The molecule has 0 saturated carbocycles. The molecule has 0 aliphatic carbocycles. The number of aromatic nitrogens is 4. The molecule has 3 rings (SSSR count). The summed E-state index contributed by atoms with van der Waals surface area (Å²) in [4.78, 5) is 0. The monoisotopic (exact) mass is 273 g/mol. The summed E-state index contributed by atoms with van der Waals surface area (Å²) in [7, 11) is 0. The van der Waals surface area contributed by atoms with Crippen molar-refractivity contribution in [3.05, 3.63) is 72.1 Å². The molecule has 0 N–H and O–H groups in total. The number of hydrogen-bond donors (Lipinski definition) is 0. The number of nitriles is 1. The molecule has 1 unspecified atom stereocenters. The van der Waals surface area contributed by atoms with Crippen molar-refractivity contribution < 1.29 is 0 Å². The molecule has 2 aromatic carbocycles. The second-order valence-electron chi connectivity index (χ2n) is 4.42. The van der Waals surface area contributed by atoms with E-state index in [9.17, 15) is 5.26 Å². The fourth-order valence-electron chi connectivity index (χ4n) is 1.98. The lowest BCUT2D eigenvalue weighted by atomic mass is 10.0. The van der Waals surface area contributed by atoms with Crippen LogP contribution < -0.4 is 0 Å². The van der Waals surface area contributed by atoms with Gasteiger partial charge in [-0.25, -0.2) is 0 Å². The van der Waals surface area contributed by atoms with E-state index in [-0.39, 0.29) is 0 Å². The van der Waals surface area contributed by atoms with Crippen LogP contribution in [0.2, 0.25) is 0 Å². The summed E-state index contributed by atoms with van der Waals surface area (Å²) in [5, 5.41) is 25.6. The van der Waals surface area contributed by atoms with Crippen molar-refractivity contribution in [2.24, 2.45) is 0 Å². The molecule has 0 saturated heterocycles. The number of rotatable bonds is 3. The second kappa shape index (κ2) is 5.88. The predicted octanol–water partition coefficient (Wildman–Crippen LogP) is 2.59. The van der Waals surface area contributed by atoms with E-state index in [1.54, 1.807) is 0 Å². The summed E-state index contributed by atoms with van der Waals surface area (Å²) in [6.07, 6.45) is 0. The molecular formula is C16H11N5.